The van der Waals surface area contributed by atoms with Gasteiger partial charge >= 0.3 is 5.97 Å². The van der Waals surface area contributed by atoms with Gasteiger partial charge in [0.25, 0.3) is 0 Å². The van der Waals surface area contributed by atoms with Crippen LogP contribution in [0.4, 0.5) is 5.69 Å². The maximum atomic E-state index is 13.3. The maximum Gasteiger partial charge on any atom is 0.342 e. The number of benzene rings is 1. The number of fused-ring (bicyclic) bond motifs is 1. The summed E-state index contributed by atoms with van der Waals surface area (Å²) in [5.41, 5.74) is -1.28. The van der Waals surface area contributed by atoms with Crippen molar-refractivity contribution in [2.24, 2.45) is 5.41 Å². The molecule has 0 unspecified atom stereocenters. The largest absolute Gasteiger partial charge is 0.497 e. The van der Waals surface area contributed by atoms with E-state index in [-0.39, 0.29) is 6.04 Å². The Balaban J connectivity index is 1.82. The summed E-state index contributed by atoms with van der Waals surface area (Å²) in [6, 6.07) is 5.36. The summed E-state index contributed by atoms with van der Waals surface area (Å²) in [4.78, 5) is 17.7. The molecule has 174 valence electrons. The molecule has 0 amide bonds. The molecule has 5 rings (SSSR count). The summed E-state index contributed by atoms with van der Waals surface area (Å²) in [5, 5.41) is 24.1. The Kier molecular flexibility index (Phi) is 4.89. The van der Waals surface area contributed by atoms with Crippen LogP contribution < -0.4 is 9.64 Å². The van der Waals surface area contributed by atoms with E-state index in [9.17, 15) is 15.0 Å². The number of likely N-dealkylation sites (N-methyl/N-ethyl adjacent to an activating group) is 1. The minimum atomic E-state index is -2.07. The minimum Gasteiger partial charge on any atom is -0.497 e. The van der Waals surface area contributed by atoms with Gasteiger partial charge in [-0.05, 0) is 31.0 Å². The first-order chi connectivity index (χ1) is 15.3. The van der Waals surface area contributed by atoms with Crippen molar-refractivity contribution in [2.75, 3.05) is 39.3 Å². The number of aliphatic hydroxyl groups excluding tert-OH is 1. The molecule has 6 atom stereocenters. The molecule has 1 saturated carbocycles. The lowest BCUT2D eigenvalue weighted by Crippen LogP contribution is -2.80. The average molecular weight is 443 g/mol. The monoisotopic (exact) mass is 442 g/mol. The molecule has 1 saturated heterocycles. The lowest BCUT2D eigenvalue weighted by atomic mass is 9.47. The third-order valence-electron chi connectivity index (χ3n) is 8.72. The third kappa shape index (κ3) is 2.34. The van der Waals surface area contributed by atoms with E-state index in [1.165, 1.54) is 7.11 Å². The summed E-state index contributed by atoms with van der Waals surface area (Å²) in [5.74, 6) is -0.0452. The van der Waals surface area contributed by atoms with Gasteiger partial charge in [0, 0.05) is 42.2 Å². The van der Waals surface area contributed by atoms with Gasteiger partial charge in [-0.2, -0.15) is 0 Å². The Bertz CT molecular complexity index is 966. The molecule has 1 spiro atoms. The van der Waals surface area contributed by atoms with Gasteiger partial charge in [0.2, 0.25) is 5.60 Å². The van der Waals surface area contributed by atoms with Crippen LogP contribution >= 0.6 is 0 Å². The van der Waals surface area contributed by atoms with Gasteiger partial charge in [-0.15, -0.1) is 0 Å². The highest BCUT2D eigenvalue weighted by molar-refractivity contribution is 5.86. The Morgan fingerprint density at radius 1 is 1.28 bits per heavy atom. The first-order valence-electron chi connectivity index (χ1n) is 11.6. The van der Waals surface area contributed by atoms with E-state index >= 15 is 0 Å². The SMILES string of the molecule is CCCC[C@@]12C=CCN3CC[C@@]4(c5ccc(OC)cc5N(C)[C@@H]4[C@](O)(C(=O)OC)[C@@H]1O)[C@@H]32. The fraction of sp³-hybridized carbons (Fsp3) is 0.640. The molecule has 1 aromatic rings. The molecule has 3 heterocycles. The first-order valence-corrected chi connectivity index (χ1v) is 11.6. The molecule has 7 nitrogen and oxygen atoms in total. The van der Waals surface area contributed by atoms with Gasteiger partial charge in [-0.1, -0.05) is 38.0 Å². The van der Waals surface area contributed by atoms with Crippen LogP contribution in [0.2, 0.25) is 0 Å². The number of aliphatic hydroxyl groups is 2. The van der Waals surface area contributed by atoms with Crippen LogP contribution in [0.1, 0.15) is 38.2 Å². The van der Waals surface area contributed by atoms with Gasteiger partial charge in [0.15, 0.2) is 0 Å². The van der Waals surface area contributed by atoms with E-state index in [0.717, 1.165) is 49.4 Å². The summed E-state index contributed by atoms with van der Waals surface area (Å²) in [6.07, 6.45) is 6.27. The summed E-state index contributed by atoms with van der Waals surface area (Å²) in [7, 11) is 4.82. The van der Waals surface area contributed by atoms with Crippen molar-refractivity contribution < 1.29 is 24.5 Å². The molecule has 2 N–H and O–H groups in total. The molecule has 0 bridgehead atoms. The van der Waals surface area contributed by atoms with Gasteiger partial charge in [-0.3, -0.25) is 4.90 Å². The van der Waals surface area contributed by atoms with Gasteiger partial charge in [-0.25, -0.2) is 4.79 Å². The smallest absolute Gasteiger partial charge is 0.342 e. The predicted molar refractivity (Wildman–Crippen MR) is 121 cm³/mol. The number of rotatable bonds is 5. The minimum absolute atomic E-state index is 0.0198. The molecule has 2 fully saturated rings. The van der Waals surface area contributed by atoms with Gasteiger partial charge in [0.05, 0.1) is 20.3 Å². The van der Waals surface area contributed by atoms with Crippen molar-refractivity contribution in [3.05, 3.63) is 35.9 Å². The van der Waals surface area contributed by atoms with Crippen molar-refractivity contribution in [3.63, 3.8) is 0 Å². The van der Waals surface area contributed by atoms with Crippen molar-refractivity contribution in [1.29, 1.82) is 0 Å². The molecule has 1 aliphatic carbocycles. The third-order valence-corrected chi connectivity index (χ3v) is 8.72. The number of anilines is 1. The van der Waals surface area contributed by atoms with Gasteiger partial charge < -0.3 is 24.6 Å². The fourth-order valence-corrected chi connectivity index (χ4v) is 7.67. The second-order valence-electron chi connectivity index (χ2n) is 9.92. The van der Waals surface area contributed by atoms with Crippen LogP contribution in [0.15, 0.2) is 30.4 Å². The molecule has 0 aromatic heterocycles. The van der Waals surface area contributed by atoms with Crippen molar-refractivity contribution >= 4 is 11.7 Å². The number of carbonyl (C=O) groups is 1. The number of unbranched alkanes of at least 4 members (excludes halogenated alkanes) is 1. The highest BCUT2D eigenvalue weighted by atomic mass is 16.5. The van der Waals surface area contributed by atoms with Crippen LogP contribution in [-0.2, 0) is 14.9 Å². The molecule has 1 aromatic carbocycles. The fourth-order valence-electron chi connectivity index (χ4n) is 7.67. The zero-order chi connectivity index (χ0) is 22.9. The van der Waals surface area contributed by atoms with Gasteiger partial charge in [0.1, 0.15) is 11.9 Å². The van der Waals surface area contributed by atoms with Crippen molar-refractivity contribution in [3.8, 4) is 5.75 Å². The normalized spacial score (nSPS) is 39.4. The zero-order valence-electron chi connectivity index (χ0n) is 19.4. The molecule has 7 heteroatoms. The van der Waals surface area contributed by atoms with Crippen molar-refractivity contribution in [1.82, 2.24) is 4.90 Å². The highest BCUT2D eigenvalue weighted by Gasteiger charge is 2.79. The summed E-state index contributed by atoms with van der Waals surface area (Å²) in [6.45, 7) is 3.79. The molecular weight excluding hydrogens is 408 g/mol. The zero-order valence-corrected chi connectivity index (χ0v) is 19.4. The number of hydrogen-bond donors (Lipinski definition) is 2. The van der Waals surface area contributed by atoms with E-state index in [2.05, 4.69) is 30.0 Å². The van der Waals surface area contributed by atoms with E-state index in [0.29, 0.717) is 6.42 Å². The number of carbonyl (C=O) groups excluding carboxylic acids is 1. The van der Waals surface area contributed by atoms with Crippen LogP contribution in [-0.4, -0.2) is 79.2 Å². The topological polar surface area (TPSA) is 82.5 Å². The highest BCUT2D eigenvalue weighted by Crippen LogP contribution is 2.67. The van der Waals surface area contributed by atoms with Crippen molar-refractivity contribution in [2.45, 2.75) is 61.8 Å². The maximum absolute atomic E-state index is 13.3. The first kappa shape index (κ1) is 21.7. The Labute approximate surface area is 189 Å². The molecule has 4 aliphatic rings. The lowest BCUT2D eigenvalue weighted by Gasteiger charge is -2.63. The molecular formula is C25H34N2O5. The lowest BCUT2D eigenvalue weighted by molar-refractivity contribution is -0.219. The summed E-state index contributed by atoms with van der Waals surface area (Å²) >= 11 is 0. The molecule has 32 heavy (non-hydrogen) atoms. The molecule has 3 aliphatic heterocycles. The summed E-state index contributed by atoms with van der Waals surface area (Å²) < 4.78 is 10.6. The average Bonchev–Trinajstić information content (AvgIpc) is 3.32. The predicted octanol–water partition coefficient (Wildman–Crippen LogP) is 1.85. The van der Waals surface area contributed by atoms with Crippen LogP contribution in [0.25, 0.3) is 0 Å². The van der Waals surface area contributed by atoms with Crippen LogP contribution in [0, 0.1) is 5.41 Å². The number of hydrogen-bond acceptors (Lipinski definition) is 7. The Morgan fingerprint density at radius 2 is 2.06 bits per heavy atom. The van der Waals surface area contributed by atoms with Crippen LogP contribution in [0.3, 0.4) is 0 Å². The number of esters is 1. The Morgan fingerprint density at radius 3 is 2.75 bits per heavy atom. The van der Waals surface area contributed by atoms with E-state index in [4.69, 9.17) is 9.47 Å². The second kappa shape index (κ2) is 7.20. The molecule has 0 radical (unpaired) electrons. The van der Waals surface area contributed by atoms with E-state index < -0.39 is 34.5 Å². The van der Waals surface area contributed by atoms with E-state index in [1.807, 2.05) is 24.1 Å². The standard InChI is InChI=1S/C25H34N2O5/c1-5-6-10-23-11-7-13-27-14-12-24(19(23)27)17-9-8-16(31-3)15-18(17)26(2)20(24)25(30,21(23)28)22(29)32-4/h7-9,11,15,19-21,28,30H,5-6,10,12-14H2,1-4H3/t19-,20-,21+,23-,24+,25+/m0/s1. The number of ether oxygens (including phenoxy) is 2. The second-order valence-corrected chi connectivity index (χ2v) is 9.92. The quantitative estimate of drug-likeness (QED) is 0.532. The van der Waals surface area contributed by atoms with E-state index in [1.54, 1.807) is 7.11 Å². The number of nitrogens with zero attached hydrogens (tertiary/aromatic N) is 2. The number of methoxy groups -OCH3 is 2. The van der Waals surface area contributed by atoms with Crippen LogP contribution in [0.5, 0.6) is 5.75 Å². The Hall–Kier alpha value is -2.09.